The van der Waals surface area contributed by atoms with E-state index in [2.05, 4.69) is 9.97 Å². The fourth-order valence-corrected chi connectivity index (χ4v) is 10.3. The Labute approximate surface area is 156 Å². The maximum Gasteiger partial charge on any atom is 0.343 e. The number of benzene rings is 1. The van der Waals surface area contributed by atoms with Crippen LogP contribution in [-0.4, -0.2) is 26.6 Å². The molecule has 0 unspecified atom stereocenters. The molecule has 0 saturated carbocycles. The largest absolute Gasteiger partial charge is 0.348 e. The van der Waals surface area contributed by atoms with Crippen LogP contribution in [-0.2, 0) is 13.0 Å². The van der Waals surface area contributed by atoms with Gasteiger partial charge in [0, 0.05) is 23.2 Å². The highest BCUT2D eigenvalue weighted by molar-refractivity contribution is 7.65. The van der Waals surface area contributed by atoms with Crippen molar-refractivity contribution in [2.75, 3.05) is 0 Å². The van der Waals surface area contributed by atoms with E-state index >= 15 is 0 Å². The Morgan fingerprint density at radius 1 is 0.846 bits per heavy atom. The van der Waals surface area contributed by atoms with Crippen molar-refractivity contribution in [2.24, 2.45) is 0 Å². The first kappa shape index (κ1) is 19.4. The van der Waals surface area contributed by atoms with Crippen molar-refractivity contribution in [1.82, 2.24) is 9.97 Å². The molecular weight excluding hydrogens is 379 g/mol. The number of pyridine rings is 2. The molecule has 0 aliphatic carbocycles. The lowest BCUT2D eigenvalue weighted by atomic mass is 10.1. The van der Waals surface area contributed by atoms with Crippen LogP contribution in [0.1, 0.15) is 0 Å². The molecule has 0 aliphatic heterocycles. The Bertz CT molecular complexity index is 993. The summed E-state index contributed by atoms with van der Waals surface area (Å²) in [4.78, 5) is 9.01. The molecule has 138 valence electrons. The highest BCUT2D eigenvalue weighted by Gasteiger charge is 2.38. The smallest absolute Gasteiger partial charge is 0.343 e. The Morgan fingerprint density at radius 2 is 1.42 bits per heavy atom. The van der Waals surface area contributed by atoms with Crippen molar-refractivity contribution in [1.29, 1.82) is 0 Å². The molecule has 3 rings (SSSR count). The summed E-state index contributed by atoms with van der Waals surface area (Å²) in [5, 5.41) is 2.43. The second kappa shape index (κ2) is 6.66. The molecule has 2 heterocycles. The van der Waals surface area contributed by atoms with Gasteiger partial charge in [-0.05, 0) is 51.4 Å². The molecule has 0 fully saturated rings. The maximum absolute atomic E-state index is 13.7. The minimum absolute atomic E-state index is 0.519. The van der Waals surface area contributed by atoms with Crippen LogP contribution in [0.4, 0.5) is 0 Å². The zero-order chi connectivity index (χ0) is 19.2. The van der Waals surface area contributed by atoms with Gasteiger partial charge in [-0.2, -0.15) is 0 Å². The molecule has 0 aliphatic rings. The molecule has 3 aromatic rings. The van der Waals surface area contributed by atoms with Crippen LogP contribution in [0, 0.1) is 0 Å². The van der Waals surface area contributed by atoms with Crippen molar-refractivity contribution in [3.05, 3.63) is 42.7 Å². The van der Waals surface area contributed by atoms with Gasteiger partial charge in [-0.25, -0.2) is 0 Å². The first-order valence-corrected chi connectivity index (χ1v) is 17.0. The van der Waals surface area contributed by atoms with Gasteiger partial charge in [-0.15, -0.1) is 0 Å². The molecule has 0 spiro atoms. The summed E-state index contributed by atoms with van der Waals surface area (Å²) in [5.41, 5.74) is 1.63. The summed E-state index contributed by atoms with van der Waals surface area (Å²) in [6, 6.07) is 9.76. The predicted octanol–water partition coefficient (Wildman–Crippen LogP) is 5.30. The van der Waals surface area contributed by atoms with E-state index in [0.29, 0.717) is 5.30 Å². The van der Waals surface area contributed by atoms with Crippen LogP contribution in [0.25, 0.3) is 21.8 Å². The fraction of sp³-hybridized carbons (Fsp3) is 0.333. The lowest BCUT2D eigenvalue weighted by Crippen LogP contribution is -2.33. The lowest BCUT2D eigenvalue weighted by molar-refractivity contribution is 0.396. The summed E-state index contributed by atoms with van der Waals surface area (Å²) in [5.74, 6) is 0. The number of aromatic nitrogens is 2. The number of nitrogens with zero attached hydrogens (tertiary/aromatic N) is 2. The highest BCUT2D eigenvalue weighted by atomic mass is 31.2. The molecule has 0 atom stereocenters. The standard InChI is InChI=1S/C18H25N2O3PSi2/c1-25(2,3)22-24(21,23-26(4,5)6)16-12-15-10-9-14-8-7-11-19-17(14)18(15)20-13-16/h7-13H,1-6H3. The van der Waals surface area contributed by atoms with Crippen LogP contribution in [0.2, 0.25) is 39.3 Å². The molecule has 0 bridgehead atoms. The van der Waals surface area contributed by atoms with Gasteiger partial charge in [0.15, 0.2) is 16.6 Å². The van der Waals surface area contributed by atoms with E-state index in [-0.39, 0.29) is 0 Å². The van der Waals surface area contributed by atoms with Gasteiger partial charge < -0.3 is 8.43 Å². The van der Waals surface area contributed by atoms with E-state index in [0.717, 1.165) is 21.8 Å². The third-order valence-electron chi connectivity index (χ3n) is 3.51. The molecule has 26 heavy (non-hydrogen) atoms. The second-order valence-electron chi connectivity index (χ2n) is 8.31. The zero-order valence-electron chi connectivity index (χ0n) is 16.1. The van der Waals surface area contributed by atoms with E-state index in [4.69, 9.17) is 8.43 Å². The Kier molecular flexibility index (Phi) is 4.96. The molecule has 1 aromatic carbocycles. The monoisotopic (exact) mass is 404 g/mol. The SMILES string of the molecule is C[Si](C)(C)OP(=O)(O[Si](C)(C)C)c1cnc2c(ccc3cccnc32)c1. The second-order valence-corrected chi connectivity index (χ2v) is 19.7. The summed E-state index contributed by atoms with van der Waals surface area (Å²) >= 11 is 0. The quantitative estimate of drug-likeness (QED) is 0.328. The minimum Gasteiger partial charge on any atom is -0.348 e. The predicted molar refractivity (Wildman–Crippen MR) is 113 cm³/mol. The number of hydrogen-bond donors (Lipinski definition) is 0. The lowest BCUT2D eigenvalue weighted by Gasteiger charge is -2.31. The van der Waals surface area contributed by atoms with E-state index in [1.165, 1.54) is 0 Å². The molecule has 5 nitrogen and oxygen atoms in total. The topological polar surface area (TPSA) is 61.3 Å². The molecule has 0 radical (unpaired) electrons. The molecular formula is C18H25N2O3PSi2. The number of fused-ring (bicyclic) bond motifs is 3. The first-order valence-electron chi connectivity index (χ1n) is 8.63. The fourth-order valence-electron chi connectivity index (χ4n) is 2.72. The Morgan fingerprint density at radius 3 is 2.04 bits per heavy atom. The molecule has 0 saturated heterocycles. The van der Waals surface area contributed by atoms with E-state index < -0.39 is 24.2 Å². The van der Waals surface area contributed by atoms with E-state index in [1.807, 2.05) is 69.6 Å². The first-order chi connectivity index (χ1) is 12.0. The summed E-state index contributed by atoms with van der Waals surface area (Å²) in [6.07, 6.45) is 3.38. The van der Waals surface area contributed by atoms with Crippen LogP contribution < -0.4 is 5.30 Å². The summed E-state index contributed by atoms with van der Waals surface area (Å²) < 4.78 is 25.9. The van der Waals surface area contributed by atoms with Gasteiger partial charge >= 0.3 is 7.60 Å². The average molecular weight is 405 g/mol. The third-order valence-corrected chi connectivity index (χ3v) is 10.7. The van der Waals surface area contributed by atoms with Crippen molar-refractivity contribution in [3.8, 4) is 0 Å². The van der Waals surface area contributed by atoms with Crippen LogP contribution >= 0.6 is 7.60 Å². The van der Waals surface area contributed by atoms with E-state index in [9.17, 15) is 4.57 Å². The number of rotatable bonds is 5. The minimum atomic E-state index is -3.44. The van der Waals surface area contributed by atoms with Crippen molar-refractivity contribution < 1.29 is 13.0 Å². The van der Waals surface area contributed by atoms with Crippen LogP contribution in [0.3, 0.4) is 0 Å². The molecule has 0 N–H and O–H groups in total. The molecule has 2 aromatic heterocycles. The van der Waals surface area contributed by atoms with E-state index in [1.54, 1.807) is 12.4 Å². The van der Waals surface area contributed by atoms with Crippen molar-refractivity contribution in [2.45, 2.75) is 39.3 Å². The van der Waals surface area contributed by atoms with Gasteiger partial charge in [-0.3, -0.25) is 14.5 Å². The van der Waals surface area contributed by atoms with Crippen molar-refractivity contribution >= 4 is 51.3 Å². The highest BCUT2D eigenvalue weighted by Crippen LogP contribution is 2.52. The molecule has 0 amide bonds. The average Bonchev–Trinajstić information content (AvgIpc) is 2.50. The van der Waals surface area contributed by atoms with Gasteiger partial charge in [0.25, 0.3) is 0 Å². The Hall–Kier alpha value is -1.38. The Balaban J connectivity index is 2.16. The maximum atomic E-state index is 13.7. The van der Waals surface area contributed by atoms with Gasteiger partial charge in [-0.1, -0.05) is 18.2 Å². The zero-order valence-corrected chi connectivity index (χ0v) is 19.0. The summed E-state index contributed by atoms with van der Waals surface area (Å²) in [6.45, 7) is 12.1. The van der Waals surface area contributed by atoms with Gasteiger partial charge in [0.2, 0.25) is 0 Å². The van der Waals surface area contributed by atoms with Crippen molar-refractivity contribution in [3.63, 3.8) is 0 Å². The normalized spacial score (nSPS) is 13.5. The van der Waals surface area contributed by atoms with Crippen LogP contribution in [0.15, 0.2) is 42.7 Å². The van der Waals surface area contributed by atoms with Gasteiger partial charge in [0.1, 0.15) is 0 Å². The molecule has 8 heteroatoms. The number of hydrogen-bond acceptors (Lipinski definition) is 5. The third kappa shape index (κ3) is 4.30. The van der Waals surface area contributed by atoms with Crippen LogP contribution in [0.5, 0.6) is 0 Å². The van der Waals surface area contributed by atoms with Gasteiger partial charge in [0.05, 0.1) is 16.3 Å². The summed E-state index contributed by atoms with van der Waals surface area (Å²) in [7, 11) is -7.62.